The summed E-state index contributed by atoms with van der Waals surface area (Å²) in [6, 6.07) is 15.0. The Morgan fingerprint density at radius 3 is 2.48 bits per heavy atom. The van der Waals surface area contributed by atoms with Gasteiger partial charge in [0.2, 0.25) is 0 Å². The van der Waals surface area contributed by atoms with E-state index in [2.05, 4.69) is 17.6 Å². The fourth-order valence-electron chi connectivity index (χ4n) is 2.61. The number of benzene rings is 2. The highest BCUT2D eigenvalue weighted by atomic mass is 16.5. The third-order valence-corrected chi connectivity index (χ3v) is 4.03. The fourth-order valence-corrected chi connectivity index (χ4v) is 2.61. The molecule has 5 heteroatoms. The zero-order chi connectivity index (χ0) is 18.1. The van der Waals surface area contributed by atoms with E-state index in [1.165, 1.54) is 5.56 Å². The molecular weight excluding hydrogens is 316 g/mol. The van der Waals surface area contributed by atoms with Gasteiger partial charge in [0.05, 0.1) is 19.3 Å². The quantitative estimate of drug-likeness (QED) is 0.691. The van der Waals surface area contributed by atoms with Crippen molar-refractivity contribution in [1.82, 2.24) is 10.6 Å². The minimum atomic E-state index is -0.425. The van der Waals surface area contributed by atoms with Crippen molar-refractivity contribution in [3.05, 3.63) is 70.8 Å². The molecule has 3 N–H and O–H groups in total. The SMILES string of the molecule is CCc1ccc(C(CO)NC(=O)NCc2cccc(COC)c2)cc1. The van der Waals surface area contributed by atoms with Crippen LogP contribution in [0.2, 0.25) is 0 Å². The maximum absolute atomic E-state index is 12.1. The van der Waals surface area contributed by atoms with Gasteiger partial charge >= 0.3 is 6.03 Å². The van der Waals surface area contributed by atoms with Gasteiger partial charge in [0, 0.05) is 13.7 Å². The molecule has 0 aliphatic carbocycles. The van der Waals surface area contributed by atoms with E-state index in [-0.39, 0.29) is 12.6 Å². The zero-order valence-electron chi connectivity index (χ0n) is 14.8. The van der Waals surface area contributed by atoms with Crippen LogP contribution in [-0.2, 0) is 24.3 Å². The van der Waals surface area contributed by atoms with E-state index >= 15 is 0 Å². The van der Waals surface area contributed by atoms with Crippen molar-refractivity contribution in [3.63, 3.8) is 0 Å². The van der Waals surface area contributed by atoms with Gasteiger partial charge in [-0.1, -0.05) is 55.5 Å². The highest BCUT2D eigenvalue weighted by Crippen LogP contribution is 2.14. The maximum atomic E-state index is 12.1. The molecule has 0 spiro atoms. The first kappa shape index (κ1) is 19.0. The zero-order valence-corrected chi connectivity index (χ0v) is 14.8. The van der Waals surface area contributed by atoms with Crippen LogP contribution < -0.4 is 10.6 Å². The van der Waals surface area contributed by atoms with Gasteiger partial charge in [0.15, 0.2) is 0 Å². The van der Waals surface area contributed by atoms with E-state index < -0.39 is 6.04 Å². The van der Waals surface area contributed by atoms with Crippen molar-refractivity contribution in [1.29, 1.82) is 0 Å². The number of nitrogens with one attached hydrogen (secondary N) is 2. The molecule has 0 aromatic heterocycles. The average molecular weight is 342 g/mol. The lowest BCUT2D eigenvalue weighted by molar-refractivity contribution is 0.185. The number of hydrogen-bond donors (Lipinski definition) is 3. The van der Waals surface area contributed by atoms with Crippen LogP contribution in [-0.4, -0.2) is 24.9 Å². The van der Waals surface area contributed by atoms with E-state index in [1.54, 1.807) is 7.11 Å². The minimum absolute atomic E-state index is 0.151. The summed E-state index contributed by atoms with van der Waals surface area (Å²) in [6.45, 7) is 2.89. The molecule has 1 unspecified atom stereocenters. The van der Waals surface area contributed by atoms with Crippen molar-refractivity contribution < 1.29 is 14.6 Å². The van der Waals surface area contributed by atoms with Crippen LogP contribution in [0.5, 0.6) is 0 Å². The lowest BCUT2D eigenvalue weighted by atomic mass is 10.0. The second-order valence-corrected chi connectivity index (χ2v) is 5.91. The Morgan fingerprint density at radius 1 is 1.12 bits per heavy atom. The summed E-state index contributed by atoms with van der Waals surface area (Å²) in [4.78, 5) is 12.1. The number of amides is 2. The third kappa shape index (κ3) is 5.89. The first-order chi connectivity index (χ1) is 12.2. The lowest BCUT2D eigenvalue weighted by Crippen LogP contribution is -2.38. The van der Waals surface area contributed by atoms with Crippen molar-refractivity contribution >= 4 is 6.03 Å². The molecule has 0 bridgehead atoms. The number of carbonyl (C=O) groups excluding carboxylic acids is 1. The van der Waals surface area contributed by atoms with Crippen molar-refractivity contribution in [3.8, 4) is 0 Å². The molecule has 2 aromatic carbocycles. The second-order valence-electron chi connectivity index (χ2n) is 5.91. The Bertz CT molecular complexity index is 671. The average Bonchev–Trinajstić information content (AvgIpc) is 2.65. The molecular formula is C20H26N2O3. The van der Waals surface area contributed by atoms with Crippen LogP contribution in [0.3, 0.4) is 0 Å². The fraction of sp³-hybridized carbons (Fsp3) is 0.350. The summed E-state index contributed by atoms with van der Waals surface area (Å²) in [6.07, 6.45) is 0.958. The molecule has 0 aliphatic rings. The predicted molar refractivity (Wildman–Crippen MR) is 98.2 cm³/mol. The highest BCUT2D eigenvalue weighted by molar-refractivity contribution is 5.74. The number of rotatable bonds is 8. The van der Waals surface area contributed by atoms with E-state index in [1.807, 2.05) is 48.5 Å². The summed E-state index contributed by atoms with van der Waals surface area (Å²) in [7, 11) is 1.65. The van der Waals surface area contributed by atoms with Gasteiger partial charge in [0.1, 0.15) is 0 Å². The second kappa shape index (κ2) is 9.81. The molecule has 0 radical (unpaired) electrons. The Labute approximate surface area is 149 Å². The number of carbonyl (C=O) groups is 1. The molecule has 0 heterocycles. The number of aliphatic hydroxyl groups excluding tert-OH is 1. The molecule has 2 rings (SSSR count). The minimum Gasteiger partial charge on any atom is -0.394 e. The topological polar surface area (TPSA) is 70.6 Å². The van der Waals surface area contributed by atoms with E-state index in [9.17, 15) is 9.90 Å². The summed E-state index contributed by atoms with van der Waals surface area (Å²) in [5, 5.41) is 15.2. The molecule has 0 aliphatic heterocycles. The van der Waals surface area contributed by atoms with Gasteiger partial charge in [-0.25, -0.2) is 4.79 Å². The largest absolute Gasteiger partial charge is 0.394 e. The Kier molecular flexibility index (Phi) is 7.44. The monoisotopic (exact) mass is 342 g/mol. The molecule has 25 heavy (non-hydrogen) atoms. The summed E-state index contributed by atoms with van der Waals surface area (Å²) < 4.78 is 5.11. The number of aryl methyl sites for hydroxylation is 1. The standard InChI is InChI=1S/C20H26N2O3/c1-3-15-7-9-18(10-8-15)19(13-23)22-20(24)21-12-16-5-4-6-17(11-16)14-25-2/h4-11,19,23H,3,12-14H2,1-2H3,(H2,21,22,24). The van der Waals surface area contributed by atoms with Gasteiger partial charge in [-0.2, -0.15) is 0 Å². The van der Waals surface area contributed by atoms with Gasteiger partial charge in [-0.3, -0.25) is 0 Å². The van der Waals surface area contributed by atoms with Gasteiger partial charge in [-0.15, -0.1) is 0 Å². The highest BCUT2D eigenvalue weighted by Gasteiger charge is 2.13. The van der Waals surface area contributed by atoms with Crippen molar-refractivity contribution in [2.24, 2.45) is 0 Å². The van der Waals surface area contributed by atoms with E-state index in [0.29, 0.717) is 13.2 Å². The van der Waals surface area contributed by atoms with Crippen LogP contribution >= 0.6 is 0 Å². The van der Waals surface area contributed by atoms with E-state index in [4.69, 9.17) is 4.74 Å². The van der Waals surface area contributed by atoms with Crippen LogP contribution in [0.1, 0.15) is 35.2 Å². The van der Waals surface area contributed by atoms with Crippen molar-refractivity contribution in [2.45, 2.75) is 32.5 Å². The van der Waals surface area contributed by atoms with Gasteiger partial charge < -0.3 is 20.5 Å². The normalized spacial score (nSPS) is 11.8. The molecule has 1 atom stereocenters. The lowest BCUT2D eigenvalue weighted by Gasteiger charge is -2.18. The van der Waals surface area contributed by atoms with Crippen LogP contribution in [0.15, 0.2) is 48.5 Å². The number of ether oxygens (including phenoxy) is 1. The summed E-state index contributed by atoms with van der Waals surface area (Å²) in [5.74, 6) is 0. The Hall–Kier alpha value is -2.37. The van der Waals surface area contributed by atoms with Crippen molar-refractivity contribution in [2.75, 3.05) is 13.7 Å². The molecule has 2 aromatic rings. The molecule has 134 valence electrons. The first-order valence-corrected chi connectivity index (χ1v) is 8.47. The van der Waals surface area contributed by atoms with Crippen LogP contribution in [0, 0.1) is 0 Å². The van der Waals surface area contributed by atoms with Crippen LogP contribution in [0.25, 0.3) is 0 Å². The molecule has 2 amide bonds. The molecule has 0 saturated heterocycles. The number of methoxy groups -OCH3 is 1. The van der Waals surface area contributed by atoms with E-state index in [0.717, 1.165) is 23.1 Å². The molecule has 0 fully saturated rings. The third-order valence-electron chi connectivity index (χ3n) is 4.03. The number of urea groups is 1. The smallest absolute Gasteiger partial charge is 0.315 e. The summed E-state index contributed by atoms with van der Waals surface area (Å²) >= 11 is 0. The predicted octanol–water partition coefficient (Wildman–Crippen LogP) is 2.93. The summed E-state index contributed by atoms with van der Waals surface area (Å²) in [5.41, 5.74) is 4.17. The molecule has 0 saturated carbocycles. The molecule has 5 nitrogen and oxygen atoms in total. The Morgan fingerprint density at radius 2 is 1.84 bits per heavy atom. The maximum Gasteiger partial charge on any atom is 0.315 e. The van der Waals surface area contributed by atoms with Gasteiger partial charge in [0.25, 0.3) is 0 Å². The number of aliphatic hydroxyl groups is 1. The van der Waals surface area contributed by atoms with Gasteiger partial charge in [-0.05, 0) is 28.7 Å². The first-order valence-electron chi connectivity index (χ1n) is 8.47. The van der Waals surface area contributed by atoms with Crippen LogP contribution in [0.4, 0.5) is 4.79 Å². The Balaban J connectivity index is 1.90. The number of hydrogen-bond acceptors (Lipinski definition) is 3.